The molecule has 0 saturated carbocycles. The predicted molar refractivity (Wildman–Crippen MR) is 122 cm³/mol. The molecule has 1 aliphatic rings. The number of anilines is 2. The molecule has 3 aromatic carbocycles. The predicted octanol–water partition coefficient (Wildman–Crippen LogP) is 6.15. The minimum atomic E-state index is -0.524. The van der Waals surface area contributed by atoms with Gasteiger partial charge in [-0.3, -0.25) is 9.59 Å². The molecule has 0 atom stereocenters. The molecule has 4 nitrogen and oxygen atoms in total. The smallest absolute Gasteiger partial charge is 0.282 e. The summed E-state index contributed by atoms with van der Waals surface area (Å²) < 4.78 is 13.5. The number of hydrogen-bond acceptors (Lipinski definition) is 3. The molecule has 7 heteroatoms. The highest BCUT2D eigenvalue weighted by Gasteiger charge is 2.41. The minimum absolute atomic E-state index is 0.0985. The first-order valence-electron chi connectivity index (χ1n) is 9.44. The summed E-state index contributed by atoms with van der Waals surface area (Å²) in [6, 6.07) is 15.6. The zero-order valence-corrected chi connectivity index (χ0v) is 18.2. The summed E-state index contributed by atoms with van der Waals surface area (Å²) in [5, 5.41) is 4.05. The highest BCUT2D eigenvalue weighted by atomic mass is 35.5. The van der Waals surface area contributed by atoms with E-state index in [1.54, 1.807) is 43.3 Å². The Labute approximate surface area is 188 Å². The van der Waals surface area contributed by atoms with Crippen molar-refractivity contribution in [3.8, 4) is 0 Å². The maximum absolute atomic E-state index is 13.5. The normalized spacial score (nSPS) is 13.9. The Morgan fingerprint density at radius 1 is 0.806 bits per heavy atom. The largest absolute Gasteiger partial charge is 0.350 e. The second-order valence-electron chi connectivity index (χ2n) is 7.22. The fourth-order valence-electron chi connectivity index (χ4n) is 3.47. The molecule has 156 valence electrons. The van der Waals surface area contributed by atoms with Crippen LogP contribution in [0.2, 0.25) is 10.0 Å². The van der Waals surface area contributed by atoms with Crippen LogP contribution in [-0.2, 0) is 9.59 Å². The van der Waals surface area contributed by atoms with E-state index >= 15 is 0 Å². The summed E-state index contributed by atoms with van der Waals surface area (Å²) in [6.45, 7) is 3.63. The van der Waals surface area contributed by atoms with Crippen LogP contribution in [0.3, 0.4) is 0 Å². The van der Waals surface area contributed by atoms with Crippen molar-refractivity contribution in [1.29, 1.82) is 0 Å². The number of carbonyl (C=O) groups excluding carboxylic acids is 2. The molecule has 0 unspecified atom stereocenters. The summed E-state index contributed by atoms with van der Waals surface area (Å²) >= 11 is 12.2. The van der Waals surface area contributed by atoms with Gasteiger partial charge in [0.25, 0.3) is 11.8 Å². The van der Waals surface area contributed by atoms with Gasteiger partial charge in [0.05, 0.1) is 11.3 Å². The Kier molecular flexibility index (Phi) is 5.56. The van der Waals surface area contributed by atoms with Crippen LogP contribution in [0.15, 0.2) is 66.4 Å². The molecule has 0 bridgehead atoms. The zero-order valence-electron chi connectivity index (χ0n) is 16.7. The Morgan fingerprint density at radius 3 is 2.13 bits per heavy atom. The van der Waals surface area contributed by atoms with Gasteiger partial charge in [-0.15, -0.1) is 0 Å². The van der Waals surface area contributed by atoms with Crippen molar-refractivity contribution in [2.45, 2.75) is 13.8 Å². The molecule has 0 aromatic heterocycles. The Balaban J connectivity index is 1.87. The molecule has 3 aromatic rings. The first kappa shape index (κ1) is 21.1. The van der Waals surface area contributed by atoms with Crippen molar-refractivity contribution in [2.75, 3.05) is 10.2 Å². The molecule has 2 amide bonds. The molecule has 4 rings (SSSR count). The average molecular weight is 455 g/mol. The fraction of sp³-hybridized carbons (Fsp3) is 0.0833. The topological polar surface area (TPSA) is 49.4 Å². The number of hydrogen-bond donors (Lipinski definition) is 1. The number of nitrogens with one attached hydrogen (secondary N) is 1. The third-order valence-electron chi connectivity index (χ3n) is 5.08. The third kappa shape index (κ3) is 3.94. The van der Waals surface area contributed by atoms with Gasteiger partial charge in [-0.1, -0.05) is 41.4 Å². The maximum Gasteiger partial charge on any atom is 0.282 e. The van der Waals surface area contributed by atoms with E-state index in [2.05, 4.69) is 5.32 Å². The van der Waals surface area contributed by atoms with Crippen molar-refractivity contribution in [2.24, 2.45) is 0 Å². The summed E-state index contributed by atoms with van der Waals surface area (Å²) in [5.41, 5.74) is 3.22. The first-order chi connectivity index (χ1) is 14.8. The monoisotopic (exact) mass is 454 g/mol. The average Bonchev–Trinajstić information content (AvgIpc) is 2.96. The molecule has 31 heavy (non-hydrogen) atoms. The van der Waals surface area contributed by atoms with Gasteiger partial charge in [0, 0.05) is 15.7 Å². The number of imide groups is 1. The van der Waals surface area contributed by atoms with Crippen LogP contribution < -0.4 is 10.2 Å². The van der Waals surface area contributed by atoms with Gasteiger partial charge in [0.15, 0.2) is 0 Å². The van der Waals surface area contributed by atoms with E-state index in [9.17, 15) is 14.0 Å². The number of benzene rings is 3. The molecule has 1 N–H and O–H groups in total. The SMILES string of the molecule is Cc1cc(Cl)ccc1NC1=C(c2ccc(F)cc2)C(=O)N(c2cc(Cl)ccc2C)C1=O. The Bertz CT molecular complexity index is 1250. The quantitative estimate of drug-likeness (QED) is 0.481. The van der Waals surface area contributed by atoms with E-state index in [0.717, 1.165) is 10.5 Å². The Morgan fingerprint density at radius 2 is 1.45 bits per heavy atom. The van der Waals surface area contributed by atoms with Crippen molar-refractivity contribution in [1.82, 2.24) is 0 Å². The van der Waals surface area contributed by atoms with Gasteiger partial charge in [-0.25, -0.2) is 9.29 Å². The van der Waals surface area contributed by atoms with Gasteiger partial charge in [0.2, 0.25) is 0 Å². The van der Waals surface area contributed by atoms with Crippen LogP contribution in [0.4, 0.5) is 15.8 Å². The van der Waals surface area contributed by atoms with Crippen LogP contribution in [0.5, 0.6) is 0 Å². The minimum Gasteiger partial charge on any atom is -0.350 e. The van der Waals surface area contributed by atoms with Crippen LogP contribution in [0.25, 0.3) is 5.57 Å². The van der Waals surface area contributed by atoms with E-state index in [1.165, 1.54) is 24.3 Å². The number of carbonyl (C=O) groups is 2. The highest BCUT2D eigenvalue weighted by Crippen LogP contribution is 2.36. The van der Waals surface area contributed by atoms with E-state index < -0.39 is 17.6 Å². The number of halogens is 3. The number of rotatable bonds is 4. The van der Waals surface area contributed by atoms with Gasteiger partial charge in [0.1, 0.15) is 11.5 Å². The van der Waals surface area contributed by atoms with Gasteiger partial charge in [-0.2, -0.15) is 0 Å². The lowest BCUT2D eigenvalue weighted by atomic mass is 10.0. The Hall–Kier alpha value is -3.15. The standard InChI is InChI=1S/C24H17Cl2FN2O2/c1-13-3-6-17(26)12-20(13)29-23(30)21(15-4-8-18(27)9-5-15)22(24(29)31)28-19-10-7-16(25)11-14(19)2/h3-12,28H,1-2H3. The van der Waals surface area contributed by atoms with Crippen molar-refractivity contribution < 1.29 is 14.0 Å². The molecule has 0 saturated heterocycles. The summed E-state index contributed by atoms with van der Waals surface area (Å²) in [7, 11) is 0. The van der Waals surface area contributed by atoms with Crippen molar-refractivity contribution >= 4 is 52.0 Å². The molecular formula is C24H17Cl2FN2O2. The van der Waals surface area contributed by atoms with Crippen LogP contribution in [-0.4, -0.2) is 11.8 Å². The van der Waals surface area contributed by atoms with Gasteiger partial charge in [-0.05, 0) is 73.0 Å². The lowest BCUT2D eigenvalue weighted by Gasteiger charge is -2.18. The van der Waals surface area contributed by atoms with Gasteiger partial charge < -0.3 is 5.32 Å². The second-order valence-corrected chi connectivity index (χ2v) is 8.09. The lowest BCUT2D eigenvalue weighted by molar-refractivity contribution is -0.120. The molecule has 1 heterocycles. The van der Waals surface area contributed by atoms with Crippen LogP contribution in [0.1, 0.15) is 16.7 Å². The van der Waals surface area contributed by atoms with Crippen molar-refractivity contribution in [3.63, 3.8) is 0 Å². The molecule has 0 radical (unpaired) electrons. The number of aryl methyl sites for hydroxylation is 2. The number of amides is 2. The number of nitrogens with zero attached hydrogens (tertiary/aromatic N) is 1. The molecule has 1 aliphatic heterocycles. The second kappa shape index (κ2) is 8.17. The van der Waals surface area contributed by atoms with Crippen molar-refractivity contribution in [3.05, 3.63) is 98.9 Å². The molecular weight excluding hydrogens is 438 g/mol. The van der Waals surface area contributed by atoms with E-state index in [4.69, 9.17) is 23.2 Å². The van der Waals surface area contributed by atoms with E-state index in [-0.39, 0.29) is 11.3 Å². The zero-order chi connectivity index (χ0) is 22.3. The summed E-state index contributed by atoms with van der Waals surface area (Å²) in [5.74, 6) is -1.48. The highest BCUT2D eigenvalue weighted by molar-refractivity contribution is 6.46. The molecule has 0 aliphatic carbocycles. The lowest BCUT2D eigenvalue weighted by Crippen LogP contribution is -2.33. The first-order valence-corrected chi connectivity index (χ1v) is 10.2. The maximum atomic E-state index is 13.5. The van der Waals surface area contributed by atoms with E-state index in [1.807, 2.05) is 6.92 Å². The summed E-state index contributed by atoms with van der Waals surface area (Å²) in [6.07, 6.45) is 0. The van der Waals surface area contributed by atoms with Crippen LogP contribution in [0, 0.1) is 19.7 Å². The molecule has 0 spiro atoms. The molecule has 0 fully saturated rings. The van der Waals surface area contributed by atoms with Crippen LogP contribution >= 0.6 is 23.2 Å². The fourth-order valence-corrected chi connectivity index (χ4v) is 3.87. The third-order valence-corrected chi connectivity index (χ3v) is 5.55. The summed E-state index contributed by atoms with van der Waals surface area (Å²) in [4.78, 5) is 28.0. The van der Waals surface area contributed by atoms with Gasteiger partial charge >= 0.3 is 0 Å². The van der Waals surface area contributed by atoms with E-state index in [0.29, 0.717) is 32.5 Å².